The molecule has 0 aliphatic heterocycles. The largest absolute Gasteiger partial charge is 0.492 e. The van der Waals surface area contributed by atoms with E-state index in [2.05, 4.69) is 10.6 Å². The third kappa shape index (κ3) is 6.22. The molecule has 0 saturated heterocycles. The van der Waals surface area contributed by atoms with Gasteiger partial charge in [-0.3, -0.25) is 9.59 Å². The molecule has 5 nitrogen and oxygen atoms in total. The molecule has 0 aromatic heterocycles. The van der Waals surface area contributed by atoms with Gasteiger partial charge in [-0.1, -0.05) is 36.4 Å². The van der Waals surface area contributed by atoms with Gasteiger partial charge in [0.05, 0.1) is 6.54 Å². The molecule has 2 rings (SSSR count). The van der Waals surface area contributed by atoms with Crippen LogP contribution in [0.2, 0.25) is 0 Å². The van der Waals surface area contributed by atoms with Crippen LogP contribution in [0.15, 0.2) is 60.7 Å². The summed E-state index contributed by atoms with van der Waals surface area (Å²) in [4.78, 5) is 23.4. The van der Waals surface area contributed by atoms with Gasteiger partial charge in [0.2, 0.25) is 5.91 Å². The van der Waals surface area contributed by atoms with Crippen LogP contribution in [-0.4, -0.2) is 31.5 Å². The quantitative estimate of drug-likeness (QED) is 0.733. The zero-order valence-corrected chi connectivity index (χ0v) is 12.8. The molecule has 0 aliphatic rings. The number of para-hydroxylation sites is 1. The fraction of sp³-hybridized carbons (Fsp3) is 0.222. The molecule has 0 saturated carbocycles. The number of carbonyl (C=O) groups is 2. The Morgan fingerprint density at radius 1 is 0.826 bits per heavy atom. The second kappa shape index (κ2) is 9.25. The van der Waals surface area contributed by atoms with Crippen LogP contribution in [0, 0.1) is 0 Å². The SMILES string of the molecule is O=C(CCNC(=O)c1ccccc1)NCCOc1ccccc1. The van der Waals surface area contributed by atoms with Crippen molar-refractivity contribution in [1.82, 2.24) is 10.6 Å². The van der Waals surface area contributed by atoms with Gasteiger partial charge in [-0.05, 0) is 24.3 Å². The minimum Gasteiger partial charge on any atom is -0.492 e. The Bertz CT molecular complexity index is 615. The highest BCUT2D eigenvalue weighted by Crippen LogP contribution is 2.07. The predicted octanol–water partition coefficient (Wildman–Crippen LogP) is 2.00. The van der Waals surface area contributed by atoms with E-state index < -0.39 is 0 Å². The Hall–Kier alpha value is -2.82. The maximum Gasteiger partial charge on any atom is 0.251 e. The first-order chi connectivity index (χ1) is 11.3. The van der Waals surface area contributed by atoms with Crippen LogP contribution in [0.25, 0.3) is 0 Å². The van der Waals surface area contributed by atoms with Gasteiger partial charge in [0.15, 0.2) is 0 Å². The summed E-state index contributed by atoms with van der Waals surface area (Å²) in [6.07, 6.45) is 0.240. The Morgan fingerprint density at radius 3 is 2.17 bits per heavy atom. The molecule has 0 bridgehead atoms. The number of ether oxygens (including phenoxy) is 1. The van der Waals surface area contributed by atoms with E-state index in [1.807, 2.05) is 36.4 Å². The summed E-state index contributed by atoms with van der Waals surface area (Å²) in [6, 6.07) is 18.3. The molecule has 2 N–H and O–H groups in total. The van der Waals surface area contributed by atoms with Gasteiger partial charge >= 0.3 is 0 Å². The number of nitrogens with one attached hydrogen (secondary N) is 2. The van der Waals surface area contributed by atoms with E-state index in [4.69, 9.17) is 4.74 Å². The lowest BCUT2D eigenvalue weighted by atomic mass is 10.2. The van der Waals surface area contributed by atoms with E-state index in [1.165, 1.54) is 0 Å². The minimum absolute atomic E-state index is 0.116. The Balaban J connectivity index is 1.56. The molecule has 0 fully saturated rings. The van der Waals surface area contributed by atoms with Crippen LogP contribution in [0.5, 0.6) is 5.75 Å². The summed E-state index contributed by atoms with van der Waals surface area (Å²) >= 11 is 0. The van der Waals surface area contributed by atoms with Crippen LogP contribution in [-0.2, 0) is 4.79 Å². The van der Waals surface area contributed by atoms with Gasteiger partial charge in [-0.15, -0.1) is 0 Å². The summed E-state index contributed by atoms with van der Waals surface area (Å²) in [7, 11) is 0. The van der Waals surface area contributed by atoms with Gasteiger partial charge < -0.3 is 15.4 Å². The second-order valence-corrected chi connectivity index (χ2v) is 4.88. The normalized spacial score (nSPS) is 9.91. The second-order valence-electron chi connectivity index (χ2n) is 4.88. The fourth-order valence-corrected chi connectivity index (χ4v) is 1.95. The number of hydrogen-bond donors (Lipinski definition) is 2. The van der Waals surface area contributed by atoms with Crippen LogP contribution in [0.4, 0.5) is 0 Å². The maximum absolute atomic E-state index is 11.8. The van der Waals surface area contributed by atoms with Crippen molar-refractivity contribution in [3.05, 3.63) is 66.2 Å². The molecule has 0 aliphatic carbocycles. The van der Waals surface area contributed by atoms with Crippen LogP contribution in [0.1, 0.15) is 16.8 Å². The Kier molecular flexibility index (Phi) is 6.65. The molecule has 0 heterocycles. The molecule has 120 valence electrons. The molecule has 2 aromatic rings. The summed E-state index contributed by atoms with van der Waals surface area (Å²) < 4.78 is 5.47. The molecule has 0 unspecified atom stereocenters. The van der Waals surface area contributed by atoms with E-state index in [1.54, 1.807) is 24.3 Å². The lowest BCUT2D eigenvalue weighted by Gasteiger charge is -2.08. The summed E-state index contributed by atoms with van der Waals surface area (Å²) in [5, 5.41) is 5.47. The zero-order chi connectivity index (χ0) is 16.3. The highest BCUT2D eigenvalue weighted by atomic mass is 16.5. The monoisotopic (exact) mass is 312 g/mol. The fourth-order valence-electron chi connectivity index (χ4n) is 1.95. The lowest BCUT2D eigenvalue weighted by molar-refractivity contribution is -0.121. The van der Waals surface area contributed by atoms with Crippen molar-refractivity contribution in [3.63, 3.8) is 0 Å². The van der Waals surface area contributed by atoms with Gasteiger partial charge in [-0.2, -0.15) is 0 Å². The van der Waals surface area contributed by atoms with Gasteiger partial charge in [0, 0.05) is 18.5 Å². The van der Waals surface area contributed by atoms with Gasteiger partial charge in [0.25, 0.3) is 5.91 Å². The van der Waals surface area contributed by atoms with Crippen molar-refractivity contribution in [1.29, 1.82) is 0 Å². The standard InChI is InChI=1S/C18H20N2O3/c21-17(19-13-14-23-16-9-5-2-6-10-16)11-12-20-18(22)15-7-3-1-4-8-15/h1-10H,11-14H2,(H,19,21)(H,20,22). The molecule has 0 radical (unpaired) electrons. The van der Waals surface area contributed by atoms with E-state index in [0.717, 1.165) is 5.75 Å². The number of carbonyl (C=O) groups excluding carboxylic acids is 2. The van der Waals surface area contributed by atoms with Crippen molar-refractivity contribution >= 4 is 11.8 Å². The van der Waals surface area contributed by atoms with Gasteiger partial charge in [0.1, 0.15) is 12.4 Å². The third-order valence-electron chi connectivity index (χ3n) is 3.11. The van der Waals surface area contributed by atoms with Crippen LogP contribution in [0.3, 0.4) is 0 Å². The number of amides is 2. The molecule has 5 heteroatoms. The van der Waals surface area contributed by atoms with Crippen LogP contribution >= 0.6 is 0 Å². The molecule has 2 amide bonds. The number of benzene rings is 2. The van der Waals surface area contributed by atoms with E-state index >= 15 is 0 Å². The maximum atomic E-state index is 11.8. The molecule has 0 atom stereocenters. The topological polar surface area (TPSA) is 67.4 Å². The Morgan fingerprint density at radius 2 is 1.48 bits per heavy atom. The van der Waals surface area contributed by atoms with E-state index in [9.17, 15) is 9.59 Å². The van der Waals surface area contributed by atoms with Crippen LogP contribution < -0.4 is 15.4 Å². The van der Waals surface area contributed by atoms with Crippen molar-refractivity contribution in [2.45, 2.75) is 6.42 Å². The number of rotatable bonds is 8. The highest BCUT2D eigenvalue weighted by Gasteiger charge is 2.05. The summed E-state index contributed by atoms with van der Waals surface area (Å²) in [5.74, 6) is 0.484. The smallest absolute Gasteiger partial charge is 0.251 e. The lowest BCUT2D eigenvalue weighted by Crippen LogP contribution is -2.32. The average Bonchev–Trinajstić information content (AvgIpc) is 2.60. The first kappa shape index (κ1) is 16.5. The Labute approximate surface area is 135 Å². The van der Waals surface area contributed by atoms with Crippen molar-refractivity contribution < 1.29 is 14.3 Å². The molecule has 23 heavy (non-hydrogen) atoms. The highest BCUT2D eigenvalue weighted by molar-refractivity contribution is 5.94. The van der Waals surface area contributed by atoms with Crippen molar-refractivity contribution in [2.75, 3.05) is 19.7 Å². The minimum atomic E-state index is -0.175. The molecule has 2 aromatic carbocycles. The zero-order valence-electron chi connectivity index (χ0n) is 12.8. The first-order valence-electron chi connectivity index (χ1n) is 7.53. The first-order valence-corrected chi connectivity index (χ1v) is 7.53. The van der Waals surface area contributed by atoms with Crippen molar-refractivity contribution in [3.8, 4) is 5.75 Å². The molecular weight excluding hydrogens is 292 g/mol. The van der Waals surface area contributed by atoms with E-state index in [0.29, 0.717) is 25.3 Å². The summed E-state index contributed by atoms with van der Waals surface area (Å²) in [6.45, 7) is 1.14. The van der Waals surface area contributed by atoms with E-state index in [-0.39, 0.29) is 18.2 Å². The third-order valence-corrected chi connectivity index (χ3v) is 3.11. The van der Waals surface area contributed by atoms with Gasteiger partial charge in [-0.25, -0.2) is 0 Å². The molecular formula is C18H20N2O3. The average molecular weight is 312 g/mol. The van der Waals surface area contributed by atoms with Crippen molar-refractivity contribution in [2.24, 2.45) is 0 Å². The number of hydrogen-bond acceptors (Lipinski definition) is 3. The summed E-state index contributed by atoms with van der Waals surface area (Å²) in [5.41, 5.74) is 0.587. The molecule has 0 spiro atoms. The predicted molar refractivity (Wildman–Crippen MR) is 88.3 cm³/mol.